The van der Waals surface area contributed by atoms with Crippen LogP contribution in [0.3, 0.4) is 0 Å². The minimum absolute atomic E-state index is 0.149. The van der Waals surface area contributed by atoms with E-state index in [9.17, 15) is 4.39 Å². The first kappa shape index (κ1) is 21.0. The predicted octanol–water partition coefficient (Wildman–Crippen LogP) is 7.52. The second-order valence-corrected chi connectivity index (χ2v) is 8.75. The van der Waals surface area contributed by atoms with Gasteiger partial charge in [0.25, 0.3) is 0 Å². The lowest BCUT2D eigenvalue weighted by molar-refractivity contribution is 0.114. The Kier molecular flexibility index (Phi) is 8.49. The zero-order valence-electron chi connectivity index (χ0n) is 16.1. The quantitative estimate of drug-likeness (QED) is 0.202. The Morgan fingerprint density at radius 2 is 1.75 bits per heavy atom. The first-order valence-corrected chi connectivity index (χ1v) is 11.4. The van der Waals surface area contributed by atoms with Crippen LogP contribution in [-0.2, 0) is 4.74 Å². The van der Waals surface area contributed by atoms with Crippen molar-refractivity contribution in [3.8, 4) is 0 Å². The molecule has 1 fully saturated rings. The molecule has 1 unspecified atom stereocenters. The number of halogens is 1. The molecule has 148 valence electrons. The van der Waals surface area contributed by atoms with Crippen LogP contribution in [0.1, 0.15) is 39.0 Å². The van der Waals surface area contributed by atoms with E-state index in [1.807, 2.05) is 41.8 Å². The number of benzene rings is 2. The lowest BCUT2D eigenvalue weighted by Gasteiger charge is -2.27. The molecule has 5 heteroatoms. The van der Waals surface area contributed by atoms with E-state index < -0.39 is 0 Å². The zero-order chi connectivity index (χ0) is 19.6. The van der Waals surface area contributed by atoms with Gasteiger partial charge in [-0.3, -0.25) is 0 Å². The van der Waals surface area contributed by atoms with Crippen molar-refractivity contribution in [1.29, 1.82) is 0 Å². The van der Waals surface area contributed by atoms with Crippen LogP contribution in [0.5, 0.6) is 0 Å². The average Bonchev–Trinajstić information content (AvgIpc) is 2.74. The molecule has 3 rings (SSSR count). The second kappa shape index (κ2) is 11.3. The lowest BCUT2D eigenvalue weighted by atomic mass is 9.86. The average molecular weight is 416 g/mol. The lowest BCUT2D eigenvalue weighted by Crippen LogP contribution is -2.25. The van der Waals surface area contributed by atoms with Gasteiger partial charge in [-0.2, -0.15) is 4.40 Å². The molecule has 0 saturated heterocycles. The molecule has 0 radical (unpaired) electrons. The SMILES string of the molecule is CC(OC(/C=C/Sc1ccc(F)cc1)=N\Sc1ccccc1)C1CCCCC1. The van der Waals surface area contributed by atoms with Crippen molar-refractivity contribution in [2.75, 3.05) is 0 Å². The van der Waals surface area contributed by atoms with Crippen LogP contribution in [0.4, 0.5) is 4.39 Å². The number of rotatable bonds is 7. The van der Waals surface area contributed by atoms with Crippen molar-refractivity contribution in [3.63, 3.8) is 0 Å². The van der Waals surface area contributed by atoms with Crippen molar-refractivity contribution in [2.45, 2.75) is 54.9 Å². The van der Waals surface area contributed by atoms with E-state index in [1.165, 1.54) is 67.9 Å². The van der Waals surface area contributed by atoms with Gasteiger partial charge < -0.3 is 4.74 Å². The summed E-state index contributed by atoms with van der Waals surface area (Å²) in [6.07, 6.45) is 8.43. The fraction of sp³-hybridized carbons (Fsp3) is 0.348. The van der Waals surface area contributed by atoms with Crippen LogP contribution in [0.25, 0.3) is 0 Å². The van der Waals surface area contributed by atoms with E-state index in [-0.39, 0.29) is 11.9 Å². The molecule has 0 spiro atoms. The van der Waals surface area contributed by atoms with Crippen LogP contribution in [0, 0.1) is 11.7 Å². The molecule has 1 aliphatic carbocycles. The van der Waals surface area contributed by atoms with Gasteiger partial charge in [0, 0.05) is 27.8 Å². The van der Waals surface area contributed by atoms with Gasteiger partial charge in [-0.15, -0.1) is 0 Å². The van der Waals surface area contributed by atoms with E-state index in [4.69, 9.17) is 4.74 Å². The maximum atomic E-state index is 13.0. The van der Waals surface area contributed by atoms with Crippen molar-refractivity contribution < 1.29 is 9.13 Å². The molecule has 28 heavy (non-hydrogen) atoms. The number of hydrogen-bond acceptors (Lipinski definition) is 4. The van der Waals surface area contributed by atoms with Crippen LogP contribution >= 0.6 is 23.7 Å². The Morgan fingerprint density at radius 1 is 1.04 bits per heavy atom. The summed E-state index contributed by atoms with van der Waals surface area (Å²) >= 11 is 2.94. The highest BCUT2D eigenvalue weighted by atomic mass is 32.2. The van der Waals surface area contributed by atoms with E-state index in [1.54, 1.807) is 12.1 Å². The molecule has 0 heterocycles. The highest BCUT2D eigenvalue weighted by Crippen LogP contribution is 2.29. The third-order valence-corrected chi connectivity index (χ3v) is 6.40. The highest BCUT2D eigenvalue weighted by molar-refractivity contribution is 8.02. The number of nitrogens with zero attached hydrogens (tertiary/aromatic N) is 1. The Morgan fingerprint density at radius 3 is 2.46 bits per heavy atom. The number of thioether (sulfide) groups is 1. The summed E-state index contributed by atoms with van der Waals surface area (Å²) in [5.74, 6) is 1.000. The summed E-state index contributed by atoms with van der Waals surface area (Å²) in [4.78, 5) is 2.06. The molecule has 1 aliphatic rings. The fourth-order valence-corrected chi connectivity index (χ4v) is 4.46. The summed E-state index contributed by atoms with van der Waals surface area (Å²) in [5.41, 5.74) is 0. The van der Waals surface area contributed by atoms with Gasteiger partial charge in [0.15, 0.2) is 0 Å². The zero-order valence-corrected chi connectivity index (χ0v) is 17.7. The highest BCUT2D eigenvalue weighted by Gasteiger charge is 2.22. The summed E-state index contributed by atoms with van der Waals surface area (Å²) in [5, 5.41) is 1.95. The summed E-state index contributed by atoms with van der Waals surface area (Å²) < 4.78 is 23.9. The van der Waals surface area contributed by atoms with Gasteiger partial charge >= 0.3 is 0 Å². The molecule has 0 aromatic heterocycles. The summed E-state index contributed by atoms with van der Waals surface area (Å²) in [6, 6.07) is 16.6. The third kappa shape index (κ3) is 7.02. The molecule has 0 bridgehead atoms. The van der Waals surface area contributed by atoms with Gasteiger partial charge in [-0.05, 0) is 67.5 Å². The van der Waals surface area contributed by atoms with E-state index in [2.05, 4.69) is 11.3 Å². The minimum atomic E-state index is -0.223. The first-order chi connectivity index (χ1) is 13.7. The number of hydrogen-bond donors (Lipinski definition) is 0. The molecule has 1 atom stereocenters. The Balaban J connectivity index is 1.65. The van der Waals surface area contributed by atoms with Crippen LogP contribution in [0.15, 0.2) is 80.3 Å². The second-order valence-electron chi connectivity index (χ2n) is 6.93. The molecule has 1 saturated carbocycles. The molecule has 2 nitrogen and oxygen atoms in total. The first-order valence-electron chi connectivity index (χ1n) is 9.76. The van der Waals surface area contributed by atoms with Crippen LogP contribution in [0.2, 0.25) is 0 Å². The standard InChI is InChI=1S/C23H26FNOS2/c1-18(19-8-4-2-5-9-19)26-23(25-28-22-10-6-3-7-11-22)16-17-27-21-14-12-20(24)13-15-21/h3,6-7,10-19H,2,4-5,8-9H2,1H3/b17-16+,25-23-. The molecule has 2 aromatic carbocycles. The van der Waals surface area contributed by atoms with Crippen molar-refractivity contribution in [3.05, 3.63) is 71.9 Å². The van der Waals surface area contributed by atoms with Crippen molar-refractivity contribution in [1.82, 2.24) is 0 Å². The maximum absolute atomic E-state index is 13.0. The molecule has 0 N–H and O–H groups in total. The summed E-state index contributed by atoms with van der Waals surface area (Å²) in [6.45, 7) is 2.15. The maximum Gasteiger partial charge on any atom is 0.221 e. The molecule has 0 aliphatic heterocycles. The molecule has 0 amide bonds. The van der Waals surface area contributed by atoms with E-state index in [0.717, 1.165) is 9.79 Å². The van der Waals surface area contributed by atoms with E-state index in [0.29, 0.717) is 11.8 Å². The minimum Gasteiger partial charge on any atom is -0.474 e. The van der Waals surface area contributed by atoms with Gasteiger partial charge in [-0.1, -0.05) is 49.2 Å². The van der Waals surface area contributed by atoms with Crippen molar-refractivity contribution >= 4 is 29.6 Å². The smallest absolute Gasteiger partial charge is 0.221 e. The fourth-order valence-electron chi connectivity index (χ4n) is 3.24. The van der Waals surface area contributed by atoms with Gasteiger partial charge in [0.1, 0.15) is 11.9 Å². The van der Waals surface area contributed by atoms with Crippen LogP contribution < -0.4 is 0 Å². The Labute approximate surface area is 175 Å². The summed E-state index contributed by atoms with van der Waals surface area (Å²) in [7, 11) is 0. The third-order valence-electron chi connectivity index (χ3n) is 4.83. The Bertz CT molecular complexity index is 771. The van der Waals surface area contributed by atoms with Gasteiger partial charge in [0.05, 0.1) is 0 Å². The monoisotopic (exact) mass is 415 g/mol. The molecule has 2 aromatic rings. The Hall–Kier alpha value is -1.72. The van der Waals surface area contributed by atoms with Crippen molar-refractivity contribution in [2.24, 2.45) is 10.3 Å². The number of ether oxygens (including phenoxy) is 1. The topological polar surface area (TPSA) is 21.6 Å². The largest absolute Gasteiger partial charge is 0.474 e. The molecular weight excluding hydrogens is 389 g/mol. The van der Waals surface area contributed by atoms with Crippen LogP contribution in [-0.4, -0.2) is 12.0 Å². The van der Waals surface area contributed by atoms with E-state index >= 15 is 0 Å². The normalized spacial score (nSPS) is 17.0. The molecular formula is C23H26FNOS2. The van der Waals surface area contributed by atoms with Gasteiger partial charge in [-0.25, -0.2) is 4.39 Å². The predicted molar refractivity (Wildman–Crippen MR) is 118 cm³/mol. The van der Waals surface area contributed by atoms with Gasteiger partial charge in [0.2, 0.25) is 5.90 Å².